The number of halogens is 1. The van der Waals surface area contributed by atoms with Crippen LogP contribution in [0.15, 0.2) is 42.5 Å². The van der Waals surface area contributed by atoms with Crippen molar-refractivity contribution in [3.05, 3.63) is 59.4 Å². The minimum Gasteiger partial charge on any atom is -0.495 e. The number of rotatable bonds is 5. The van der Waals surface area contributed by atoms with Gasteiger partial charge in [-0.25, -0.2) is 4.39 Å². The summed E-state index contributed by atoms with van der Waals surface area (Å²) in [6.07, 6.45) is 0. The number of hydrogen-bond donors (Lipinski definition) is 1. The van der Waals surface area contributed by atoms with Crippen LogP contribution in [0.2, 0.25) is 0 Å². The Morgan fingerprint density at radius 3 is 2.42 bits per heavy atom. The van der Waals surface area contributed by atoms with E-state index in [1.165, 1.54) is 12.1 Å². The number of carbonyl (C=O) groups is 1. The second-order valence-corrected chi connectivity index (χ2v) is 6.36. The van der Waals surface area contributed by atoms with Crippen LogP contribution < -0.4 is 10.1 Å². The Hall–Kier alpha value is -2.60. The number of nitrogens with one attached hydrogen (secondary N) is 1. The average molecular weight is 357 g/mol. The Labute approximate surface area is 153 Å². The number of carbonyl (C=O) groups excluding carboxylic acids is 1. The van der Waals surface area contributed by atoms with Gasteiger partial charge >= 0.3 is 0 Å². The number of nitrogens with zero attached hydrogens (tertiary/aromatic N) is 2. The fourth-order valence-corrected chi connectivity index (χ4v) is 3.17. The van der Waals surface area contributed by atoms with E-state index in [2.05, 4.69) is 10.2 Å². The third-order valence-corrected chi connectivity index (χ3v) is 4.70. The average Bonchev–Trinajstić information content (AvgIpc) is 2.69. The van der Waals surface area contributed by atoms with Gasteiger partial charge in [-0.3, -0.25) is 9.69 Å². The molecule has 0 unspecified atom stereocenters. The maximum Gasteiger partial charge on any atom is 0.254 e. The van der Waals surface area contributed by atoms with Crippen LogP contribution in [-0.4, -0.2) is 56.0 Å². The summed E-state index contributed by atoms with van der Waals surface area (Å²) in [7, 11) is 3.42. The first-order valence-electron chi connectivity index (χ1n) is 8.72. The fourth-order valence-electron chi connectivity index (χ4n) is 3.17. The summed E-state index contributed by atoms with van der Waals surface area (Å²) < 4.78 is 18.3. The SMILES string of the molecule is CNc1ccc(C(=O)N2CCN(Cc3ccc(F)cc3)CC2)cc1OC. The quantitative estimate of drug-likeness (QED) is 0.894. The zero-order chi connectivity index (χ0) is 18.5. The molecule has 0 atom stereocenters. The molecule has 1 heterocycles. The van der Waals surface area contributed by atoms with Gasteiger partial charge in [-0.2, -0.15) is 0 Å². The van der Waals surface area contributed by atoms with Crippen LogP contribution in [0, 0.1) is 5.82 Å². The third kappa shape index (κ3) is 4.14. The highest BCUT2D eigenvalue weighted by Gasteiger charge is 2.23. The summed E-state index contributed by atoms with van der Waals surface area (Å²) in [5, 5.41) is 3.04. The number of methoxy groups -OCH3 is 1. The van der Waals surface area contributed by atoms with Crippen molar-refractivity contribution in [2.75, 3.05) is 45.7 Å². The maximum absolute atomic E-state index is 13.0. The number of piperazine rings is 1. The Balaban J connectivity index is 1.59. The molecular weight excluding hydrogens is 333 g/mol. The van der Waals surface area contributed by atoms with Gasteiger partial charge in [-0.05, 0) is 35.9 Å². The summed E-state index contributed by atoms with van der Waals surface area (Å²) in [4.78, 5) is 16.9. The molecule has 0 radical (unpaired) electrons. The molecular formula is C20H24FN3O2. The van der Waals surface area contributed by atoms with Gasteiger partial charge in [-0.1, -0.05) is 12.1 Å². The van der Waals surface area contributed by atoms with Crippen molar-refractivity contribution in [3.8, 4) is 5.75 Å². The van der Waals surface area contributed by atoms with Gasteiger partial charge in [0, 0.05) is 45.3 Å². The van der Waals surface area contributed by atoms with Crippen molar-refractivity contribution in [1.29, 1.82) is 0 Å². The van der Waals surface area contributed by atoms with Crippen molar-refractivity contribution in [1.82, 2.24) is 9.80 Å². The number of amides is 1. The molecule has 1 aliphatic rings. The summed E-state index contributed by atoms with van der Waals surface area (Å²) in [6, 6.07) is 12.0. The third-order valence-electron chi connectivity index (χ3n) is 4.70. The molecule has 1 amide bonds. The van der Waals surface area contributed by atoms with E-state index in [9.17, 15) is 9.18 Å². The van der Waals surface area contributed by atoms with E-state index in [-0.39, 0.29) is 11.7 Å². The molecule has 1 fully saturated rings. The van der Waals surface area contributed by atoms with Crippen LogP contribution >= 0.6 is 0 Å². The molecule has 0 spiro atoms. The summed E-state index contributed by atoms with van der Waals surface area (Å²) in [5.74, 6) is 0.463. The van der Waals surface area contributed by atoms with E-state index in [0.717, 1.165) is 30.9 Å². The fraction of sp³-hybridized carbons (Fsp3) is 0.350. The van der Waals surface area contributed by atoms with E-state index in [0.29, 0.717) is 24.4 Å². The predicted molar refractivity (Wildman–Crippen MR) is 100 cm³/mol. The topological polar surface area (TPSA) is 44.8 Å². The lowest BCUT2D eigenvalue weighted by Gasteiger charge is -2.34. The Bertz CT molecular complexity index is 756. The van der Waals surface area contributed by atoms with Crippen molar-refractivity contribution < 1.29 is 13.9 Å². The number of benzene rings is 2. The smallest absolute Gasteiger partial charge is 0.254 e. The molecule has 2 aromatic rings. The summed E-state index contributed by atoms with van der Waals surface area (Å²) in [5.41, 5.74) is 2.57. The second-order valence-electron chi connectivity index (χ2n) is 6.36. The molecule has 0 aliphatic carbocycles. The van der Waals surface area contributed by atoms with Crippen molar-refractivity contribution in [2.24, 2.45) is 0 Å². The number of ether oxygens (including phenoxy) is 1. The standard InChI is InChI=1S/C20H24FN3O2/c1-22-18-8-5-16(13-19(18)26-2)20(25)24-11-9-23(10-12-24)14-15-3-6-17(21)7-4-15/h3-8,13,22H,9-12,14H2,1-2H3. The molecule has 0 bridgehead atoms. The Morgan fingerprint density at radius 2 is 1.81 bits per heavy atom. The van der Waals surface area contributed by atoms with Crippen molar-refractivity contribution in [2.45, 2.75) is 6.54 Å². The molecule has 0 aromatic heterocycles. The van der Waals surface area contributed by atoms with Crippen LogP contribution in [0.25, 0.3) is 0 Å². The second kappa shape index (κ2) is 8.19. The molecule has 0 saturated carbocycles. The van der Waals surface area contributed by atoms with Gasteiger partial charge in [0.15, 0.2) is 0 Å². The highest BCUT2D eigenvalue weighted by atomic mass is 19.1. The van der Waals surface area contributed by atoms with Crippen molar-refractivity contribution in [3.63, 3.8) is 0 Å². The van der Waals surface area contributed by atoms with Crippen LogP contribution in [0.4, 0.5) is 10.1 Å². The normalized spacial score (nSPS) is 15.0. The van der Waals surface area contributed by atoms with E-state index < -0.39 is 0 Å². The molecule has 1 aliphatic heterocycles. The molecule has 26 heavy (non-hydrogen) atoms. The van der Waals surface area contributed by atoms with Gasteiger partial charge in [0.05, 0.1) is 12.8 Å². The molecule has 138 valence electrons. The van der Waals surface area contributed by atoms with Crippen LogP contribution in [0.3, 0.4) is 0 Å². The largest absolute Gasteiger partial charge is 0.495 e. The molecule has 6 heteroatoms. The molecule has 2 aromatic carbocycles. The summed E-state index contributed by atoms with van der Waals surface area (Å²) in [6.45, 7) is 3.73. The molecule has 1 N–H and O–H groups in total. The number of anilines is 1. The monoisotopic (exact) mass is 357 g/mol. The van der Waals surface area contributed by atoms with Gasteiger partial charge in [-0.15, -0.1) is 0 Å². The van der Waals surface area contributed by atoms with Gasteiger partial charge < -0.3 is 15.0 Å². The van der Waals surface area contributed by atoms with Gasteiger partial charge in [0.1, 0.15) is 11.6 Å². The first-order chi connectivity index (χ1) is 12.6. The number of hydrogen-bond acceptors (Lipinski definition) is 4. The van der Waals surface area contributed by atoms with E-state index in [4.69, 9.17) is 4.74 Å². The Morgan fingerprint density at radius 1 is 1.12 bits per heavy atom. The zero-order valence-corrected chi connectivity index (χ0v) is 15.2. The molecule has 3 rings (SSSR count). The molecule has 1 saturated heterocycles. The Kier molecular flexibility index (Phi) is 5.73. The lowest BCUT2D eigenvalue weighted by atomic mass is 10.1. The minimum absolute atomic E-state index is 0.0207. The van der Waals surface area contributed by atoms with Crippen LogP contribution in [-0.2, 0) is 6.54 Å². The van der Waals surface area contributed by atoms with Gasteiger partial charge in [0.2, 0.25) is 0 Å². The van der Waals surface area contributed by atoms with Gasteiger partial charge in [0.25, 0.3) is 5.91 Å². The van der Waals surface area contributed by atoms with Crippen LogP contribution in [0.1, 0.15) is 15.9 Å². The minimum atomic E-state index is -0.219. The lowest BCUT2D eigenvalue weighted by Crippen LogP contribution is -2.48. The van der Waals surface area contributed by atoms with E-state index in [1.54, 1.807) is 13.2 Å². The highest BCUT2D eigenvalue weighted by Crippen LogP contribution is 2.25. The first-order valence-corrected chi connectivity index (χ1v) is 8.72. The maximum atomic E-state index is 13.0. The van der Waals surface area contributed by atoms with Crippen molar-refractivity contribution >= 4 is 11.6 Å². The molecule has 5 nitrogen and oxygen atoms in total. The lowest BCUT2D eigenvalue weighted by molar-refractivity contribution is 0.0628. The van der Waals surface area contributed by atoms with Crippen LogP contribution in [0.5, 0.6) is 5.75 Å². The summed E-state index contributed by atoms with van der Waals surface area (Å²) >= 11 is 0. The highest BCUT2D eigenvalue weighted by molar-refractivity contribution is 5.95. The van der Waals surface area contributed by atoms with E-state index in [1.807, 2.05) is 36.2 Å². The predicted octanol–water partition coefficient (Wildman–Crippen LogP) is 2.83. The van der Waals surface area contributed by atoms with E-state index >= 15 is 0 Å². The first kappa shape index (κ1) is 18.2. The zero-order valence-electron chi connectivity index (χ0n) is 15.2.